The fraction of sp³-hybridized carbons (Fsp3) is 0.750. The smallest absolute Gasteiger partial charge is 0.0766 e. The maximum absolute atomic E-state index is 5.57. The Morgan fingerprint density at radius 3 is 2.67 bits per heavy atom. The summed E-state index contributed by atoms with van der Waals surface area (Å²) in [6.07, 6.45) is 1.73. The second-order valence-electron chi connectivity index (χ2n) is 4.10. The third kappa shape index (κ3) is 3.78. The molecular weight excluding hydrogens is 296 g/mol. The van der Waals surface area contributed by atoms with Crippen LogP contribution in [0.1, 0.15) is 32.2 Å². The summed E-state index contributed by atoms with van der Waals surface area (Å²) in [5.74, 6) is 5.57. The minimum absolute atomic E-state index is 0.105. The second kappa shape index (κ2) is 7.89. The van der Waals surface area contributed by atoms with Crippen molar-refractivity contribution in [2.45, 2.75) is 46.2 Å². The number of nitrogens with two attached hydrogens (primary N) is 1. The van der Waals surface area contributed by atoms with Gasteiger partial charge in [-0.05, 0) is 36.2 Å². The van der Waals surface area contributed by atoms with Gasteiger partial charge in [0.1, 0.15) is 0 Å². The maximum atomic E-state index is 5.57. The number of hydrogen-bond acceptors (Lipinski definition) is 4. The molecule has 1 aromatic heterocycles. The molecule has 1 unspecified atom stereocenters. The first-order valence-corrected chi connectivity index (χ1v) is 7.25. The van der Waals surface area contributed by atoms with Crippen molar-refractivity contribution in [1.82, 2.24) is 15.2 Å². The SMILES string of the molecule is CCOCC(Cc1c(Br)c(CC)nn1CC)NN. The fourth-order valence-corrected chi connectivity index (χ4v) is 2.60. The van der Waals surface area contributed by atoms with Crippen molar-refractivity contribution < 1.29 is 4.74 Å². The molecule has 0 saturated carbocycles. The van der Waals surface area contributed by atoms with E-state index in [0.29, 0.717) is 13.2 Å². The largest absolute Gasteiger partial charge is 0.380 e. The predicted octanol–water partition coefficient (Wildman–Crippen LogP) is 1.64. The van der Waals surface area contributed by atoms with E-state index in [4.69, 9.17) is 10.6 Å². The van der Waals surface area contributed by atoms with Crippen molar-refractivity contribution in [2.24, 2.45) is 5.84 Å². The van der Waals surface area contributed by atoms with Crippen LogP contribution in [0.15, 0.2) is 4.47 Å². The van der Waals surface area contributed by atoms with E-state index >= 15 is 0 Å². The van der Waals surface area contributed by atoms with E-state index in [2.05, 4.69) is 40.3 Å². The van der Waals surface area contributed by atoms with Crippen LogP contribution < -0.4 is 11.3 Å². The molecule has 0 bridgehead atoms. The quantitative estimate of drug-likeness (QED) is 0.565. The molecule has 1 atom stereocenters. The van der Waals surface area contributed by atoms with Gasteiger partial charge in [0.25, 0.3) is 0 Å². The molecule has 0 radical (unpaired) electrons. The van der Waals surface area contributed by atoms with Crippen LogP contribution in [0.3, 0.4) is 0 Å². The Morgan fingerprint density at radius 2 is 2.17 bits per heavy atom. The van der Waals surface area contributed by atoms with Crippen molar-refractivity contribution in [3.63, 3.8) is 0 Å². The predicted molar refractivity (Wildman–Crippen MR) is 76.3 cm³/mol. The molecule has 1 aromatic rings. The number of nitrogens with one attached hydrogen (secondary N) is 1. The van der Waals surface area contributed by atoms with Crippen molar-refractivity contribution >= 4 is 15.9 Å². The van der Waals surface area contributed by atoms with Crippen LogP contribution >= 0.6 is 15.9 Å². The topological polar surface area (TPSA) is 65.1 Å². The molecule has 0 saturated heterocycles. The summed E-state index contributed by atoms with van der Waals surface area (Å²) >= 11 is 3.64. The Labute approximate surface area is 117 Å². The summed E-state index contributed by atoms with van der Waals surface area (Å²) in [5.41, 5.74) is 5.08. The van der Waals surface area contributed by atoms with Gasteiger partial charge in [-0.1, -0.05) is 6.92 Å². The van der Waals surface area contributed by atoms with E-state index in [1.807, 2.05) is 11.6 Å². The summed E-state index contributed by atoms with van der Waals surface area (Å²) in [5, 5.41) is 4.57. The highest BCUT2D eigenvalue weighted by molar-refractivity contribution is 9.10. The number of nitrogens with zero attached hydrogens (tertiary/aromatic N) is 2. The average molecular weight is 319 g/mol. The Bertz CT molecular complexity index is 367. The van der Waals surface area contributed by atoms with E-state index in [-0.39, 0.29) is 6.04 Å². The van der Waals surface area contributed by atoms with Gasteiger partial charge in [-0.2, -0.15) is 5.10 Å². The Morgan fingerprint density at radius 1 is 1.44 bits per heavy atom. The van der Waals surface area contributed by atoms with Gasteiger partial charge in [0.2, 0.25) is 0 Å². The van der Waals surface area contributed by atoms with E-state index < -0.39 is 0 Å². The lowest BCUT2D eigenvalue weighted by Crippen LogP contribution is -2.40. The molecular formula is C12H23BrN4O. The summed E-state index contributed by atoms with van der Waals surface area (Å²) in [6, 6.07) is 0.105. The number of rotatable bonds is 8. The third-order valence-electron chi connectivity index (χ3n) is 2.89. The van der Waals surface area contributed by atoms with Gasteiger partial charge in [-0.3, -0.25) is 16.0 Å². The number of ether oxygens (including phenoxy) is 1. The Balaban J connectivity index is 2.83. The molecule has 0 spiro atoms. The van der Waals surface area contributed by atoms with Crippen LogP contribution in [0.25, 0.3) is 0 Å². The number of hydrazine groups is 1. The normalized spacial score (nSPS) is 12.9. The number of aromatic nitrogens is 2. The molecule has 1 heterocycles. The molecule has 104 valence electrons. The van der Waals surface area contributed by atoms with Crippen LogP contribution in [0.2, 0.25) is 0 Å². The number of aryl methyl sites for hydroxylation is 2. The van der Waals surface area contributed by atoms with Crippen molar-refractivity contribution in [1.29, 1.82) is 0 Å². The van der Waals surface area contributed by atoms with E-state index in [9.17, 15) is 0 Å². The van der Waals surface area contributed by atoms with Crippen LogP contribution in [-0.4, -0.2) is 29.0 Å². The summed E-state index contributed by atoms with van der Waals surface area (Å²) < 4.78 is 8.55. The third-order valence-corrected chi connectivity index (χ3v) is 3.81. The van der Waals surface area contributed by atoms with Crippen LogP contribution in [0.5, 0.6) is 0 Å². The molecule has 3 N–H and O–H groups in total. The lowest BCUT2D eigenvalue weighted by Gasteiger charge is -2.16. The minimum Gasteiger partial charge on any atom is -0.380 e. The first-order chi connectivity index (χ1) is 8.67. The monoisotopic (exact) mass is 318 g/mol. The molecule has 0 aliphatic rings. The minimum atomic E-state index is 0.105. The molecule has 6 heteroatoms. The van der Waals surface area contributed by atoms with Gasteiger partial charge in [-0.25, -0.2) is 0 Å². The lowest BCUT2D eigenvalue weighted by atomic mass is 10.1. The molecule has 5 nitrogen and oxygen atoms in total. The number of hydrogen-bond donors (Lipinski definition) is 2. The first-order valence-electron chi connectivity index (χ1n) is 6.45. The number of halogens is 1. The van der Waals surface area contributed by atoms with Gasteiger partial charge in [0.05, 0.1) is 22.5 Å². The zero-order chi connectivity index (χ0) is 13.5. The second-order valence-corrected chi connectivity index (χ2v) is 4.90. The van der Waals surface area contributed by atoms with Gasteiger partial charge in [0, 0.05) is 25.6 Å². The van der Waals surface area contributed by atoms with Gasteiger partial charge in [-0.15, -0.1) is 0 Å². The highest BCUT2D eigenvalue weighted by atomic mass is 79.9. The summed E-state index contributed by atoms with van der Waals surface area (Å²) in [7, 11) is 0. The van der Waals surface area contributed by atoms with Crippen LogP contribution in [-0.2, 0) is 24.1 Å². The van der Waals surface area contributed by atoms with Crippen LogP contribution in [0.4, 0.5) is 0 Å². The highest BCUT2D eigenvalue weighted by Crippen LogP contribution is 2.23. The van der Waals surface area contributed by atoms with Crippen LogP contribution in [0, 0.1) is 0 Å². The maximum Gasteiger partial charge on any atom is 0.0766 e. The molecule has 0 aliphatic heterocycles. The molecule has 1 rings (SSSR count). The van der Waals surface area contributed by atoms with Gasteiger partial charge in [0.15, 0.2) is 0 Å². The zero-order valence-corrected chi connectivity index (χ0v) is 13.0. The van der Waals surface area contributed by atoms with Crippen molar-refractivity contribution in [3.8, 4) is 0 Å². The lowest BCUT2D eigenvalue weighted by molar-refractivity contribution is 0.122. The molecule has 0 aromatic carbocycles. The van der Waals surface area contributed by atoms with Gasteiger partial charge < -0.3 is 4.74 Å². The fourth-order valence-electron chi connectivity index (χ4n) is 1.87. The first kappa shape index (κ1) is 15.6. The summed E-state index contributed by atoms with van der Waals surface area (Å²) in [4.78, 5) is 0. The summed E-state index contributed by atoms with van der Waals surface area (Å²) in [6.45, 7) is 8.35. The highest BCUT2D eigenvalue weighted by Gasteiger charge is 2.17. The van der Waals surface area contributed by atoms with Gasteiger partial charge >= 0.3 is 0 Å². The van der Waals surface area contributed by atoms with Crippen molar-refractivity contribution in [3.05, 3.63) is 15.9 Å². The average Bonchev–Trinajstić information content (AvgIpc) is 2.70. The van der Waals surface area contributed by atoms with Crippen molar-refractivity contribution in [2.75, 3.05) is 13.2 Å². The Hall–Kier alpha value is -0.430. The van der Waals surface area contributed by atoms with E-state index in [0.717, 1.165) is 29.6 Å². The molecule has 0 fully saturated rings. The molecule has 0 amide bonds. The standard InChI is InChI=1S/C12H23BrN4O/c1-4-10-12(13)11(17(5-2)16-10)7-9(15-14)8-18-6-3/h9,15H,4-8,14H2,1-3H3. The van der Waals surface area contributed by atoms with E-state index in [1.165, 1.54) is 5.69 Å². The molecule has 0 aliphatic carbocycles. The zero-order valence-electron chi connectivity index (χ0n) is 11.4. The Kier molecular flexibility index (Phi) is 6.85. The molecule has 18 heavy (non-hydrogen) atoms. The van der Waals surface area contributed by atoms with E-state index in [1.54, 1.807) is 0 Å².